The van der Waals surface area contributed by atoms with Crippen LogP contribution in [0.1, 0.15) is 48.6 Å². The number of fused-ring (bicyclic) bond motifs is 1. The third kappa shape index (κ3) is 6.25. The number of carbonyl (C=O) groups is 1. The van der Waals surface area contributed by atoms with E-state index < -0.39 is 6.04 Å². The first kappa shape index (κ1) is 28.3. The van der Waals surface area contributed by atoms with Gasteiger partial charge >= 0.3 is 0 Å². The van der Waals surface area contributed by atoms with E-state index in [1.165, 1.54) is 0 Å². The molecule has 41 heavy (non-hydrogen) atoms. The van der Waals surface area contributed by atoms with Gasteiger partial charge in [-0.15, -0.1) is 5.10 Å². The normalized spacial score (nSPS) is 14.3. The highest BCUT2D eigenvalue weighted by Gasteiger charge is 2.35. The van der Waals surface area contributed by atoms with Gasteiger partial charge in [-0.3, -0.25) is 4.79 Å². The van der Waals surface area contributed by atoms with Gasteiger partial charge in [0.05, 0.1) is 12.7 Å². The molecular formula is C32H35N5O3S. The molecule has 1 aliphatic rings. The second-order valence-electron chi connectivity index (χ2n) is 10.0. The molecule has 1 atom stereocenters. The predicted molar refractivity (Wildman–Crippen MR) is 164 cm³/mol. The zero-order valence-electron chi connectivity index (χ0n) is 24.0. The number of benzene rings is 3. The Morgan fingerprint density at radius 3 is 2.56 bits per heavy atom. The lowest BCUT2D eigenvalue weighted by molar-refractivity contribution is -0.113. The van der Waals surface area contributed by atoms with Gasteiger partial charge in [-0.25, -0.2) is 4.68 Å². The standard InChI is InChI=1S/C32H35N5O3S/c1-6-17-41-32-35-31-33-22(4)28(30(38)34-25-14-11-20(2)12-15-25)29(37(31)36-32)23-13-16-26(27(18-23)39-5)40-19-24-10-8-7-9-21(24)3/h7-16,18,29H,6,17,19H2,1-5H3,(H,34,38)(H,33,35,36). The first-order chi connectivity index (χ1) is 19.9. The number of nitrogens with one attached hydrogen (secondary N) is 2. The second kappa shape index (κ2) is 12.5. The summed E-state index contributed by atoms with van der Waals surface area (Å²) in [5, 5.41) is 11.8. The SMILES string of the molecule is CCCSc1nc2n(n1)C(c1ccc(OCc3ccccc3C)c(OC)c1)C(C(=O)Nc1ccc(C)cc1)=C(C)N2. The molecule has 1 aliphatic heterocycles. The average molecular weight is 570 g/mol. The maximum atomic E-state index is 13.8. The molecular weight excluding hydrogens is 534 g/mol. The number of carbonyl (C=O) groups excluding carboxylic acids is 1. The van der Waals surface area contributed by atoms with E-state index in [-0.39, 0.29) is 5.91 Å². The Bertz CT molecular complexity index is 1580. The number of ether oxygens (including phenoxy) is 2. The number of hydrogen-bond acceptors (Lipinski definition) is 7. The van der Waals surface area contributed by atoms with Crippen molar-refractivity contribution in [1.29, 1.82) is 0 Å². The molecule has 5 rings (SSSR count). The molecule has 2 N–H and O–H groups in total. The quantitative estimate of drug-likeness (QED) is 0.201. The van der Waals surface area contributed by atoms with Gasteiger partial charge in [0.25, 0.3) is 5.91 Å². The molecule has 0 bridgehead atoms. The number of hydrogen-bond donors (Lipinski definition) is 2. The van der Waals surface area contributed by atoms with Crippen molar-refractivity contribution in [3.63, 3.8) is 0 Å². The van der Waals surface area contributed by atoms with Crippen molar-refractivity contribution >= 4 is 29.3 Å². The molecule has 4 aromatic rings. The molecule has 3 aromatic carbocycles. The fraction of sp³-hybridized carbons (Fsp3) is 0.281. The zero-order chi connectivity index (χ0) is 28.9. The Hall–Kier alpha value is -4.24. The van der Waals surface area contributed by atoms with E-state index in [4.69, 9.17) is 19.6 Å². The topological polar surface area (TPSA) is 90.3 Å². The van der Waals surface area contributed by atoms with Gasteiger partial charge in [0.2, 0.25) is 11.1 Å². The second-order valence-corrected chi connectivity index (χ2v) is 11.1. The Labute approximate surface area is 245 Å². The first-order valence-corrected chi connectivity index (χ1v) is 14.7. The number of anilines is 2. The molecule has 2 heterocycles. The monoisotopic (exact) mass is 569 g/mol. The molecule has 1 aromatic heterocycles. The maximum Gasteiger partial charge on any atom is 0.255 e. The van der Waals surface area contributed by atoms with Crippen LogP contribution in [0.5, 0.6) is 11.5 Å². The summed E-state index contributed by atoms with van der Waals surface area (Å²) in [4.78, 5) is 18.5. The Morgan fingerprint density at radius 1 is 1.05 bits per heavy atom. The summed E-state index contributed by atoms with van der Waals surface area (Å²) < 4.78 is 13.7. The number of aromatic nitrogens is 3. The molecule has 0 radical (unpaired) electrons. The summed E-state index contributed by atoms with van der Waals surface area (Å²) in [5.41, 5.74) is 6.21. The van der Waals surface area contributed by atoms with Crippen LogP contribution in [0.2, 0.25) is 0 Å². The molecule has 1 unspecified atom stereocenters. The number of thioether (sulfide) groups is 1. The van der Waals surface area contributed by atoms with Crippen molar-refractivity contribution in [2.24, 2.45) is 0 Å². The number of amides is 1. The van der Waals surface area contributed by atoms with Crippen molar-refractivity contribution in [3.05, 3.63) is 100 Å². The van der Waals surface area contributed by atoms with Gasteiger partial charge in [0.1, 0.15) is 12.6 Å². The molecule has 0 fully saturated rings. The van der Waals surface area contributed by atoms with Crippen LogP contribution < -0.4 is 20.1 Å². The molecule has 0 aliphatic carbocycles. The van der Waals surface area contributed by atoms with E-state index in [1.807, 2.05) is 68.4 Å². The van der Waals surface area contributed by atoms with E-state index >= 15 is 0 Å². The number of nitrogens with zero attached hydrogens (tertiary/aromatic N) is 3. The van der Waals surface area contributed by atoms with Gasteiger partial charge < -0.3 is 20.1 Å². The number of aryl methyl sites for hydroxylation is 2. The summed E-state index contributed by atoms with van der Waals surface area (Å²) in [5.74, 6) is 2.48. The van der Waals surface area contributed by atoms with Gasteiger partial charge in [0, 0.05) is 17.1 Å². The lowest BCUT2D eigenvalue weighted by Crippen LogP contribution is -2.31. The average Bonchev–Trinajstić information content (AvgIpc) is 3.38. The van der Waals surface area contributed by atoms with Crippen LogP contribution in [-0.2, 0) is 11.4 Å². The van der Waals surface area contributed by atoms with Crippen LogP contribution in [0.4, 0.5) is 11.6 Å². The van der Waals surface area contributed by atoms with Crippen LogP contribution in [0.3, 0.4) is 0 Å². The van der Waals surface area contributed by atoms with E-state index in [0.717, 1.165) is 40.1 Å². The predicted octanol–water partition coefficient (Wildman–Crippen LogP) is 6.91. The van der Waals surface area contributed by atoms with Gasteiger partial charge in [-0.1, -0.05) is 66.7 Å². The molecule has 1 amide bonds. The lowest BCUT2D eigenvalue weighted by Gasteiger charge is -2.29. The fourth-order valence-electron chi connectivity index (χ4n) is 4.72. The molecule has 8 nitrogen and oxygen atoms in total. The Kier molecular flexibility index (Phi) is 8.64. The largest absolute Gasteiger partial charge is 0.493 e. The van der Waals surface area contributed by atoms with Crippen LogP contribution >= 0.6 is 11.8 Å². The van der Waals surface area contributed by atoms with Crippen LogP contribution in [-0.4, -0.2) is 33.5 Å². The lowest BCUT2D eigenvalue weighted by atomic mass is 9.94. The van der Waals surface area contributed by atoms with Crippen LogP contribution in [0, 0.1) is 13.8 Å². The number of rotatable bonds is 10. The molecule has 0 saturated heterocycles. The molecule has 9 heteroatoms. The first-order valence-electron chi connectivity index (χ1n) is 13.7. The van der Waals surface area contributed by atoms with Crippen LogP contribution in [0.25, 0.3) is 0 Å². The molecule has 0 saturated carbocycles. The third-order valence-electron chi connectivity index (χ3n) is 6.97. The Balaban J connectivity index is 1.51. The zero-order valence-corrected chi connectivity index (χ0v) is 24.8. The highest BCUT2D eigenvalue weighted by atomic mass is 32.2. The number of allylic oxidation sites excluding steroid dienone is 1. The summed E-state index contributed by atoms with van der Waals surface area (Å²) in [6.45, 7) is 8.52. The summed E-state index contributed by atoms with van der Waals surface area (Å²) >= 11 is 1.59. The minimum absolute atomic E-state index is 0.216. The smallest absolute Gasteiger partial charge is 0.255 e. The highest BCUT2D eigenvalue weighted by molar-refractivity contribution is 7.99. The minimum Gasteiger partial charge on any atom is -0.493 e. The molecule has 212 valence electrons. The minimum atomic E-state index is -0.528. The van der Waals surface area contributed by atoms with Crippen molar-refractivity contribution < 1.29 is 14.3 Å². The van der Waals surface area contributed by atoms with E-state index in [2.05, 4.69) is 36.6 Å². The van der Waals surface area contributed by atoms with Crippen LogP contribution in [0.15, 0.2) is 83.2 Å². The third-order valence-corrected chi connectivity index (χ3v) is 8.01. The van der Waals surface area contributed by atoms with E-state index in [0.29, 0.717) is 40.5 Å². The number of methoxy groups -OCH3 is 1. The maximum absolute atomic E-state index is 13.8. The van der Waals surface area contributed by atoms with Gasteiger partial charge in [-0.05, 0) is 68.1 Å². The summed E-state index contributed by atoms with van der Waals surface area (Å²) in [6, 6.07) is 21.1. The molecule has 0 spiro atoms. The van der Waals surface area contributed by atoms with Crippen molar-refractivity contribution in [3.8, 4) is 11.5 Å². The summed E-state index contributed by atoms with van der Waals surface area (Å²) in [7, 11) is 1.62. The Morgan fingerprint density at radius 2 is 1.83 bits per heavy atom. The van der Waals surface area contributed by atoms with Crippen molar-refractivity contribution in [1.82, 2.24) is 14.8 Å². The van der Waals surface area contributed by atoms with Crippen molar-refractivity contribution in [2.75, 3.05) is 23.5 Å². The van der Waals surface area contributed by atoms with E-state index in [1.54, 1.807) is 23.6 Å². The fourth-order valence-corrected chi connectivity index (χ4v) is 5.41. The van der Waals surface area contributed by atoms with E-state index in [9.17, 15) is 4.79 Å². The summed E-state index contributed by atoms with van der Waals surface area (Å²) in [6.07, 6.45) is 1.01. The highest BCUT2D eigenvalue weighted by Crippen LogP contribution is 2.40. The van der Waals surface area contributed by atoms with Gasteiger partial charge in [0.15, 0.2) is 11.5 Å². The van der Waals surface area contributed by atoms with Crippen molar-refractivity contribution in [2.45, 2.75) is 51.9 Å². The van der Waals surface area contributed by atoms with Gasteiger partial charge in [-0.2, -0.15) is 4.98 Å².